The minimum atomic E-state index is -3.15. The molecule has 23 heavy (non-hydrogen) atoms. The third kappa shape index (κ3) is 3.08. The molecule has 8 heteroatoms. The van der Waals surface area contributed by atoms with Gasteiger partial charge in [0, 0.05) is 30.8 Å². The number of hydrogen-bond acceptors (Lipinski definition) is 5. The predicted molar refractivity (Wildman–Crippen MR) is 82.3 cm³/mol. The zero-order chi connectivity index (χ0) is 16.0. The minimum absolute atomic E-state index is 0.00553. The molecular formula is C15H24N2O5S. The molecule has 130 valence electrons. The summed E-state index contributed by atoms with van der Waals surface area (Å²) in [6.07, 6.45) is 4.91. The van der Waals surface area contributed by atoms with E-state index < -0.39 is 10.0 Å². The Morgan fingerprint density at radius 1 is 1.00 bits per heavy atom. The molecule has 0 spiro atoms. The monoisotopic (exact) mass is 344 g/mol. The van der Waals surface area contributed by atoms with Gasteiger partial charge in [0.25, 0.3) is 0 Å². The smallest absolute Gasteiger partial charge is 0.407 e. The summed E-state index contributed by atoms with van der Waals surface area (Å²) in [5.41, 5.74) is 0. The molecule has 2 bridgehead atoms. The number of sulfonamides is 1. The third-order valence-corrected chi connectivity index (χ3v) is 7.26. The van der Waals surface area contributed by atoms with Crippen LogP contribution in [0.5, 0.6) is 0 Å². The Balaban J connectivity index is 1.41. The number of ether oxygens (including phenoxy) is 2. The number of alkyl carbamates (subject to hydrolysis) is 1. The van der Waals surface area contributed by atoms with Crippen LogP contribution in [-0.4, -0.2) is 51.2 Å². The molecule has 2 N–H and O–H groups in total. The second-order valence-corrected chi connectivity index (χ2v) is 9.08. The zero-order valence-electron chi connectivity index (χ0n) is 13.1. The SMILES string of the molecule is O=C1NCCC(C2CC3OC2CC3C2CCCCS(=O)(=O)N2)O1. The lowest BCUT2D eigenvalue weighted by Gasteiger charge is -2.35. The summed E-state index contributed by atoms with van der Waals surface area (Å²) in [4.78, 5) is 11.4. The van der Waals surface area contributed by atoms with Gasteiger partial charge in [0.2, 0.25) is 10.0 Å². The molecule has 4 heterocycles. The summed E-state index contributed by atoms with van der Waals surface area (Å²) >= 11 is 0. The third-order valence-electron chi connectivity index (χ3n) is 5.77. The Labute approximate surface area is 136 Å². The van der Waals surface area contributed by atoms with Gasteiger partial charge in [0.1, 0.15) is 6.10 Å². The molecule has 0 saturated carbocycles. The van der Waals surface area contributed by atoms with Crippen LogP contribution in [-0.2, 0) is 19.5 Å². The van der Waals surface area contributed by atoms with Gasteiger partial charge in [-0.2, -0.15) is 0 Å². The maximum absolute atomic E-state index is 12.0. The van der Waals surface area contributed by atoms with E-state index >= 15 is 0 Å². The van der Waals surface area contributed by atoms with Crippen molar-refractivity contribution in [2.45, 2.75) is 62.9 Å². The highest BCUT2D eigenvalue weighted by atomic mass is 32.2. The van der Waals surface area contributed by atoms with Crippen molar-refractivity contribution in [1.82, 2.24) is 10.0 Å². The Morgan fingerprint density at radius 3 is 2.52 bits per heavy atom. The summed E-state index contributed by atoms with van der Waals surface area (Å²) < 4.78 is 38.3. The first kappa shape index (κ1) is 15.7. The average Bonchev–Trinajstić information content (AvgIpc) is 3.05. The summed E-state index contributed by atoms with van der Waals surface area (Å²) in [6.45, 7) is 0.656. The van der Waals surface area contributed by atoms with E-state index in [-0.39, 0.29) is 48.0 Å². The highest BCUT2D eigenvalue weighted by molar-refractivity contribution is 7.89. The number of fused-ring (bicyclic) bond motifs is 2. The molecule has 4 fully saturated rings. The fraction of sp³-hybridized carbons (Fsp3) is 0.933. The van der Waals surface area contributed by atoms with Gasteiger partial charge < -0.3 is 14.8 Å². The van der Waals surface area contributed by atoms with Crippen molar-refractivity contribution in [3.8, 4) is 0 Å². The fourth-order valence-electron chi connectivity index (χ4n) is 4.70. The molecule has 1 amide bonds. The summed E-state index contributed by atoms with van der Waals surface area (Å²) in [7, 11) is -3.15. The van der Waals surface area contributed by atoms with Gasteiger partial charge in [-0.05, 0) is 25.7 Å². The molecule has 6 atom stereocenters. The van der Waals surface area contributed by atoms with Crippen LogP contribution in [0.3, 0.4) is 0 Å². The number of carbonyl (C=O) groups excluding carboxylic acids is 1. The summed E-state index contributed by atoms with van der Waals surface area (Å²) in [5, 5.41) is 2.68. The molecule has 0 aromatic heterocycles. The lowest BCUT2D eigenvalue weighted by atomic mass is 9.75. The van der Waals surface area contributed by atoms with E-state index in [1.165, 1.54) is 0 Å². The quantitative estimate of drug-likeness (QED) is 0.771. The number of amides is 1. The van der Waals surface area contributed by atoms with E-state index in [0.717, 1.165) is 38.5 Å². The Morgan fingerprint density at radius 2 is 1.78 bits per heavy atom. The standard InChI is InChI=1S/C15H24N2O5S/c18-15-16-5-4-12(22-15)10-8-13-9(7-14(10)21-13)11-3-1-2-6-23(19,20)17-11/h9-14,17H,1-8H2,(H,16,18). The molecule has 4 saturated heterocycles. The molecule has 0 aromatic rings. The molecule has 6 unspecified atom stereocenters. The van der Waals surface area contributed by atoms with E-state index in [1.54, 1.807) is 0 Å². The van der Waals surface area contributed by atoms with Crippen LogP contribution in [0.25, 0.3) is 0 Å². The van der Waals surface area contributed by atoms with Gasteiger partial charge in [0.05, 0.1) is 18.0 Å². The van der Waals surface area contributed by atoms with Crippen LogP contribution in [0, 0.1) is 11.8 Å². The Hall–Kier alpha value is -0.860. The van der Waals surface area contributed by atoms with Crippen molar-refractivity contribution in [2.24, 2.45) is 11.8 Å². The van der Waals surface area contributed by atoms with Gasteiger partial charge in [-0.3, -0.25) is 0 Å². The van der Waals surface area contributed by atoms with E-state index in [2.05, 4.69) is 10.0 Å². The normalized spacial score (nSPS) is 46.0. The van der Waals surface area contributed by atoms with Crippen LogP contribution in [0.1, 0.15) is 38.5 Å². The topological polar surface area (TPSA) is 93.7 Å². The van der Waals surface area contributed by atoms with Crippen molar-refractivity contribution in [2.75, 3.05) is 12.3 Å². The van der Waals surface area contributed by atoms with Gasteiger partial charge in [-0.15, -0.1) is 0 Å². The van der Waals surface area contributed by atoms with Gasteiger partial charge >= 0.3 is 6.09 Å². The van der Waals surface area contributed by atoms with Gasteiger partial charge in [-0.25, -0.2) is 17.9 Å². The maximum atomic E-state index is 12.0. The van der Waals surface area contributed by atoms with Gasteiger partial charge in [-0.1, -0.05) is 6.42 Å². The number of nitrogens with one attached hydrogen (secondary N) is 2. The highest BCUT2D eigenvalue weighted by Crippen LogP contribution is 2.47. The second-order valence-electron chi connectivity index (χ2n) is 7.21. The largest absolute Gasteiger partial charge is 0.446 e. The molecule has 4 aliphatic rings. The average molecular weight is 344 g/mol. The predicted octanol–water partition coefficient (Wildman–Crippen LogP) is 0.750. The molecule has 0 radical (unpaired) electrons. The van der Waals surface area contributed by atoms with E-state index in [4.69, 9.17) is 9.47 Å². The van der Waals surface area contributed by atoms with E-state index in [1.807, 2.05) is 0 Å². The summed E-state index contributed by atoms with van der Waals surface area (Å²) in [5.74, 6) is 0.741. The molecule has 0 aromatic carbocycles. The maximum Gasteiger partial charge on any atom is 0.407 e. The number of rotatable bonds is 2. The first-order valence-electron chi connectivity index (χ1n) is 8.62. The highest BCUT2D eigenvalue weighted by Gasteiger charge is 2.53. The lowest BCUT2D eigenvalue weighted by molar-refractivity contribution is 0.00972. The van der Waals surface area contributed by atoms with E-state index in [9.17, 15) is 13.2 Å². The first-order chi connectivity index (χ1) is 11.0. The zero-order valence-corrected chi connectivity index (χ0v) is 13.9. The number of carbonyl (C=O) groups is 1. The number of cyclic esters (lactones) is 1. The second kappa shape index (κ2) is 5.89. The van der Waals surface area contributed by atoms with Crippen molar-refractivity contribution < 1.29 is 22.7 Å². The molecule has 7 nitrogen and oxygen atoms in total. The molecular weight excluding hydrogens is 320 g/mol. The first-order valence-corrected chi connectivity index (χ1v) is 10.3. The Kier molecular flexibility index (Phi) is 4.01. The van der Waals surface area contributed by atoms with Crippen molar-refractivity contribution in [3.63, 3.8) is 0 Å². The van der Waals surface area contributed by atoms with Crippen molar-refractivity contribution in [3.05, 3.63) is 0 Å². The van der Waals surface area contributed by atoms with Crippen LogP contribution < -0.4 is 10.0 Å². The Bertz CT molecular complexity index is 580. The lowest BCUT2D eigenvalue weighted by Crippen LogP contribution is -2.47. The van der Waals surface area contributed by atoms with Crippen LogP contribution in [0.15, 0.2) is 0 Å². The van der Waals surface area contributed by atoms with Crippen LogP contribution in [0.4, 0.5) is 4.79 Å². The molecule has 4 aliphatic heterocycles. The van der Waals surface area contributed by atoms with Gasteiger partial charge in [0.15, 0.2) is 0 Å². The molecule has 0 aliphatic carbocycles. The van der Waals surface area contributed by atoms with Crippen molar-refractivity contribution >= 4 is 16.1 Å². The van der Waals surface area contributed by atoms with E-state index in [0.29, 0.717) is 6.54 Å². The fourth-order valence-corrected chi connectivity index (χ4v) is 6.16. The van der Waals surface area contributed by atoms with Crippen LogP contribution in [0.2, 0.25) is 0 Å². The molecule has 4 rings (SSSR count). The minimum Gasteiger partial charge on any atom is -0.446 e. The van der Waals surface area contributed by atoms with Crippen LogP contribution >= 0.6 is 0 Å². The summed E-state index contributed by atoms with van der Waals surface area (Å²) in [6, 6.07) is -0.00553. The van der Waals surface area contributed by atoms with Crippen molar-refractivity contribution in [1.29, 1.82) is 0 Å². The number of hydrogen-bond donors (Lipinski definition) is 2.